The van der Waals surface area contributed by atoms with Crippen LogP contribution in [0.15, 0.2) is 0 Å². The summed E-state index contributed by atoms with van der Waals surface area (Å²) in [6.45, 7) is -0.473. The maximum Gasteiger partial charge on any atom is 0.305 e. The van der Waals surface area contributed by atoms with Gasteiger partial charge in [-0.3, -0.25) is 4.79 Å². The third-order valence-corrected chi connectivity index (χ3v) is 1.74. The molecule has 0 amide bonds. The van der Waals surface area contributed by atoms with Crippen LogP contribution < -0.4 is 0 Å². The number of rotatable bonds is 6. The zero-order chi connectivity index (χ0) is 10.3. The van der Waals surface area contributed by atoms with Gasteiger partial charge < -0.3 is 20.1 Å². The molecule has 0 saturated heterocycles. The zero-order valence-electron chi connectivity index (χ0n) is 7.64. The largest absolute Gasteiger partial charge is 0.469 e. The number of esters is 1. The highest BCUT2D eigenvalue weighted by molar-refractivity contribution is 5.68. The molecule has 0 aromatic rings. The summed E-state index contributed by atoms with van der Waals surface area (Å²) in [6, 6.07) is 0. The summed E-state index contributed by atoms with van der Waals surface area (Å²) in [7, 11) is 1.29. The van der Waals surface area contributed by atoms with Crippen molar-refractivity contribution in [3.63, 3.8) is 0 Å². The van der Waals surface area contributed by atoms with Crippen molar-refractivity contribution in [1.82, 2.24) is 0 Å². The van der Waals surface area contributed by atoms with Crippen molar-refractivity contribution in [2.24, 2.45) is 0 Å². The van der Waals surface area contributed by atoms with Gasteiger partial charge in [-0.1, -0.05) is 0 Å². The van der Waals surface area contributed by atoms with Gasteiger partial charge in [0.25, 0.3) is 0 Å². The molecule has 0 aliphatic heterocycles. The second-order valence-electron chi connectivity index (χ2n) is 2.79. The minimum Gasteiger partial charge on any atom is -0.469 e. The predicted octanol–water partition coefficient (Wildman–Crippen LogP) is -0.956. The molecule has 2 atom stereocenters. The molecule has 0 aromatic heterocycles. The van der Waals surface area contributed by atoms with Crippen molar-refractivity contribution < 1.29 is 24.9 Å². The molecule has 5 nitrogen and oxygen atoms in total. The molecular formula is C8H16O5. The molecule has 78 valence electrons. The van der Waals surface area contributed by atoms with Crippen LogP contribution in [0.5, 0.6) is 0 Å². The Hall–Kier alpha value is -0.650. The van der Waals surface area contributed by atoms with Crippen molar-refractivity contribution >= 4 is 5.97 Å². The third-order valence-electron chi connectivity index (χ3n) is 1.74. The Morgan fingerprint density at radius 3 is 2.46 bits per heavy atom. The average molecular weight is 192 g/mol. The molecule has 3 N–H and O–H groups in total. The molecule has 0 aliphatic carbocycles. The van der Waals surface area contributed by atoms with E-state index in [1.165, 1.54) is 7.11 Å². The number of carbonyl (C=O) groups excluding carboxylic acids is 1. The molecule has 0 fully saturated rings. The van der Waals surface area contributed by atoms with Gasteiger partial charge in [0, 0.05) is 6.42 Å². The van der Waals surface area contributed by atoms with Crippen molar-refractivity contribution in [2.45, 2.75) is 31.5 Å². The molecule has 0 aromatic carbocycles. The fraction of sp³-hybridized carbons (Fsp3) is 0.875. The lowest BCUT2D eigenvalue weighted by Crippen LogP contribution is -2.29. The highest BCUT2D eigenvalue weighted by Gasteiger charge is 2.14. The van der Waals surface area contributed by atoms with Crippen LogP contribution in [0.25, 0.3) is 0 Å². The highest BCUT2D eigenvalue weighted by Crippen LogP contribution is 2.05. The van der Waals surface area contributed by atoms with Crippen LogP contribution in [0.2, 0.25) is 0 Å². The van der Waals surface area contributed by atoms with Crippen LogP contribution in [0.1, 0.15) is 19.3 Å². The second-order valence-corrected chi connectivity index (χ2v) is 2.79. The van der Waals surface area contributed by atoms with Gasteiger partial charge in [0.2, 0.25) is 0 Å². The maximum atomic E-state index is 10.6. The van der Waals surface area contributed by atoms with E-state index in [1.54, 1.807) is 0 Å². The topological polar surface area (TPSA) is 87.0 Å². The fourth-order valence-electron chi connectivity index (χ4n) is 0.872. The summed E-state index contributed by atoms with van der Waals surface area (Å²) >= 11 is 0. The van der Waals surface area contributed by atoms with Crippen LogP contribution in [-0.2, 0) is 9.53 Å². The smallest absolute Gasteiger partial charge is 0.305 e. The van der Waals surface area contributed by atoms with Gasteiger partial charge in [0.05, 0.1) is 19.8 Å². The molecule has 0 bridgehead atoms. The number of hydrogen-bond acceptors (Lipinski definition) is 5. The van der Waals surface area contributed by atoms with Crippen molar-refractivity contribution in [3.8, 4) is 0 Å². The predicted molar refractivity (Wildman–Crippen MR) is 45.0 cm³/mol. The SMILES string of the molecule is COC(=O)CCC[C@H](O)[C@@H](O)CO. The molecule has 13 heavy (non-hydrogen) atoms. The maximum absolute atomic E-state index is 10.6. The molecule has 0 aliphatic rings. The Balaban J connectivity index is 3.47. The van der Waals surface area contributed by atoms with Gasteiger partial charge in [-0.2, -0.15) is 0 Å². The number of aliphatic hydroxyl groups excluding tert-OH is 3. The van der Waals surface area contributed by atoms with Crippen LogP contribution in [-0.4, -0.2) is 47.2 Å². The fourth-order valence-corrected chi connectivity index (χ4v) is 0.872. The zero-order valence-corrected chi connectivity index (χ0v) is 7.64. The van der Waals surface area contributed by atoms with E-state index in [2.05, 4.69) is 4.74 Å². The summed E-state index contributed by atoms with van der Waals surface area (Å²) in [5, 5.41) is 26.5. The van der Waals surface area contributed by atoms with E-state index in [0.717, 1.165) is 0 Å². The number of aliphatic hydroxyl groups is 3. The average Bonchev–Trinajstić information content (AvgIpc) is 2.15. The van der Waals surface area contributed by atoms with E-state index in [0.29, 0.717) is 6.42 Å². The van der Waals surface area contributed by atoms with Gasteiger partial charge in [-0.05, 0) is 12.8 Å². The normalized spacial score (nSPS) is 15.1. The Bertz CT molecular complexity index is 147. The van der Waals surface area contributed by atoms with E-state index >= 15 is 0 Å². The molecular weight excluding hydrogens is 176 g/mol. The van der Waals surface area contributed by atoms with Crippen molar-refractivity contribution in [1.29, 1.82) is 0 Å². The second kappa shape index (κ2) is 6.82. The van der Waals surface area contributed by atoms with Crippen LogP contribution in [0.4, 0.5) is 0 Å². The van der Waals surface area contributed by atoms with Gasteiger partial charge in [-0.15, -0.1) is 0 Å². The van der Waals surface area contributed by atoms with E-state index in [9.17, 15) is 4.79 Å². The third kappa shape index (κ3) is 5.57. The molecule has 0 saturated carbocycles. The van der Waals surface area contributed by atoms with Crippen molar-refractivity contribution in [2.75, 3.05) is 13.7 Å². The van der Waals surface area contributed by atoms with Crippen LogP contribution in [0.3, 0.4) is 0 Å². The monoisotopic (exact) mass is 192 g/mol. The van der Waals surface area contributed by atoms with Crippen LogP contribution in [0, 0.1) is 0 Å². The molecule has 0 unspecified atom stereocenters. The number of methoxy groups -OCH3 is 1. The Morgan fingerprint density at radius 2 is 2.00 bits per heavy atom. The summed E-state index contributed by atoms with van der Waals surface area (Å²) in [5.41, 5.74) is 0. The highest BCUT2D eigenvalue weighted by atomic mass is 16.5. The molecule has 5 heteroatoms. The number of carbonyl (C=O) groups is 1. The van der Waals surface area contributed by atoms with E-state index < -0.39 is 18.8 Å². The van der Waals surface area contributed by atoms with E-state index in [4.69, 9.17) is 15.3 Å². The van der Waals surface area contributed by atoms with E-state index in [-0.39, 0.29) is 18.8 Å². The summed E-state index contributed by atoms with van der Waals surface area (Å²) in [5.74, 6) is -0.342. The summed E-state index contributed by atoms with van der Waals surface area (Å²) in [6.07, 6.45) is -1.18. The lowest BCUT2D eigenvalue weighted by Gasteiger charge is -2.14. The Kier molecular flexibility index (Phi) is 6.48. The first-order valence-corrected chi connectivity index (χ1v) is 4.15. The summed E-state index contributed by atoms with van der Waals surface area (Å²) in [4.78, 5) is 10.6. The summed E-state index contributed by atoms with van der Waals surface area (Å²) < 4.78 is 4.39. The number of ether oxygens (including phenoxy) is 1. The molecule has 0 rings (SSSR count). The van der Waals surface area contributed by atoms with Gasteiger partial charge >= 0.3 is 5.97 Å². The van der Waals surface area contributed by atoms with Gasteiger partial charge in [0.15, 0.2) is 0 Å². The first-order chi connectivity index (χ1) is 6.11. The first-order valence-electron chi connectivity index (χ1n) is 4.15. The Morgan fingerprint density at radius 1 is 1.38 bits per heavy atom. The standard InChI is InChI=1S/C8H16O5/c1-13-8(12)4-2-3-6(10)7(11)5-9/h6-7,9-11H,2-5H2,1H3/t6-,7-/m0/s1. The molecule has 0 radical (unpaired) electrons. The minimum atomic E-state index is -1.13. The first kappa shape index (κ1) is 12.3. The Labute approximate surface area is 77.0 Å². The lowest BCUT2D eigenvalue weighted by molar-refractivity contribution is -0.140. The van der Waals surface area contributed by atoms with Gasteiger partial charge in [-0.25, -0.2) is 0 Å². The minimum absolute atomic E-state index is 0.214. The molecule has 0 spiro atoms. The van der Waals surface area contributed by atoms with Gasteiger partial charge in [0.1, 0.15) is 6.10 Å². The van der Waals surface area contributed by atoms with E-state index in [1.807, 2.05) is 0 Å². The lowest BCUT2D eigenvalue weighted by atomic mass is 10.1. The number of hydrogen-bond donors (Lipinski definition) is 3. The molecule has 0 heterocycles. The van der Waals surface area contributed by atoms with Crippen molar-refractivity contribution in [3.05, 3.63) is 0 Å². The quantitative estimate of drug-likeness (QED) is 0.472. The van der Waals surface area contributed by atoms with Crippen LogP contribution >= 0.6 is 0 Å².